The van der Waals surface area contributed by atoms with Gasteiger partial charge in [0.15, 0.2) is 0 Å². The van der Waals surface area contributed by atoms with Crippen LogP contribution in [0.15, 0.2) is 36.7 Å². The first-order chi connectivity index (χ1) is 10.6. The fourth-order valence-electron chi connectivity index (χ4n) is 2.07. The molecule has 0 aliphatic rings. The average molecular weight is 470 g/mol. The molecule has 0 amide bonds. The van der Waals surface area contributed by atoms with Gasteiger partial charge in [0.2, 0.25) is 0 Å². The number of rotatable bonds is 1. The van der Waals surface area contributed by atoms with Crippen LogP contribution in [-0.4, -0.2) is 31.9 Å². The van der Waals surface area contributed by atoms with Crippen molar-refractivity contribution >= 4 is 20.4 Å². The van der Waals surface area contributed by atoms with Crippen molar-refractivity contribution in [1.29, 1.82) is 0 Å². The van der Waals surface area contributed by atoms with Gasteiger partial charge in [0, 0.05) is 12.4 Å². The van der Waals surface area contributed by atoms with E-state index in [0.717, 1.165) is 11.4 Å². The second kappa shape index (κ2) is 14.2. The Morgan fingerprint density at radius 3 is 1.15 bits per heavy atom. The standard InChI is InChI=1S/C18H24N2.2ClH.Ni.4H2O/c1-17(2,3)13-7-9-19-15(11-13)16-12-14(8-10-20-16)18(4,5)6;;;;;;;/h7-12H,1-6H3;2*1H;;4*1H2/q;;;+2;;;;/p-2. The predicted octanol–water partition coefficient (Wildman–Crippen LogP) is 2.82. The summed E-state index contributed by atoms with van der Waals surface area (Å²) in [7, 11) is 9.40. The van der Waals surface area contributed by atoms with E-state index in [1.54, 1.807) is 0 Å². The third-order valence-electron chi connectivity index (χ3n) is 3.51. The summed E-state index contributed by atoms with van der Waals surface area (Å²) in [5.41, 5.74) is 4.71. The fourth-order valence-corrected chi connectivity index (χ4v) is 2.07. The van der Waals surface area contributed by atoms with Crippen LogP contribution in [0.25, 0.3) is 11.4 Å². The minimum absolute atomic E-state index is 0. The van der Waals surface area contributed by atoms with Crippen molar-refractivity contribution in [1.82, 2.24) is 9.97 Å². The van der Waals surface area contributed by atoms with Crippen LogP contribution in [-0.2, 0) is 23.5 Å². The third-order valence-corrected chi connectivity index (χ3v) is 3.51. The second-order valence-corrected chi connectivity index (χ2v) is 9.04. The van der Waals surface area contributed by atoms with Gasteiger partial charge in [-0.2, -0.15) is 0 Å². The molecule has 0 aromatic carbocycles. The Morgan fingerprint density at radius 1 is 0.667 bits per heavy atom. The molecule has 2 heterocycles. The summed E-state index contributed by atoms with van der Waals surface area (Å²) in [6, 6.07) is 8.46. The van der Waals surface area contributed by atoms with Crippen molar-refractivity contribution in [3.8, 4) is 11.4 Å². The van der Waals surface area contributed by atoms with Gasteiger partial charge in [-0.05, 0) is 46.2 Å². The molecule has 0 aliphatic carbocycles. The maximum absolute atomic E-state index is 4.70. The molecule has 2 aromatic heterocycles. The molecular formula is C18H32Cl2N2NiO4. The normalized spacial score (nSPS) is 10.1. The van der Waals surface area contributed by atoms with Crippen molar-refractivity contribution in [3.63, 3.8) is 0 Å². The maximum atomic E-state index is 4.70. The summed E-state index contributed by atoms with van der Waals surface area (Å²) in [6.07, 6.45) is 3.75. The van der Waals surface area contributed by atoms with Crippen LogP contribution in [0, 0.1) is 0 Å². The van der Waals surface area contributed by atoms with Gasteiger partial charge in [0.05, 0.1) is 11.4 Å². The number of aromatic nitrogens is 2. The van der Waals surface area contributed by atoms with E-state index >= 15 is 0 Å². The summed E-state index contributed by atoms with van der Waals surface area (Å²) < 4.78 is 0. The summed E-state index contributed by atoms with van der Waals surface area (Å²) in [4.78, 5) is 8.97. The Kier molecular flexibility index (Phi) is 17.8. The van der Waals surface area contributed by atoms with E-state index in [2.05, 4.69) is 75.8 Å². The molecule has 2 aromatic rings. The number of pyridine rings is 2. The Morgan fingerprint density at radius 2 is 0.926 bits per heavy atom. The number of halogens is 2. The zero-order chi connectivity index (χ0) is 17.7. The molecule has 0 bridgehead atoms. The summed E-state index contributed by atoms with van der Waals surface area (Å²) in [5, 5.41) is 0. The second-order valence-electron chi connectivity index (χ2n) is 7.40. The van der Waals surface area contributed by atoms with E-state index in [1.165, 1.54) is 11.1 Å². The first-order valence-corrected chi connectivity index (χ1v) is 10.1. The van der Waals surface area contributed by atoms with Crippen LogP contribution >= 0.6 is 20.4 Å². The molecule has 27 heavy (non-hydrogen) atoms. The van der Waals surface area contributed by atoms with Crippen LogP contribution in [0.5, 0.6) is 0 Å². The Balaban J connectivity index is -0.000000355. The predicted molar refractivity (Wildman–Crippen MR) is 111 cm³/mol. The van der Waals surface area contributed by atoms with E-state index in [-0.39, 0.29) is 32.7 Å². The summed E-state index contributed by atoms with van der Waals surface area (Å²) >= 11 is 0.569. The van der Waals surface area contributed by atoms with Gasteiger partial charge < -0.3 is 21.9 Å². The van der Waals surface area contributed by atoms with Gasteiger partial charge in [-0.25, -0.2) is 0 Å². The van der Waals surface area contributed by atoms with Crippen LogP contribution in [0.4, 0.5) is 0 Å². The van der Waals surface area contributed by atoms with E-state index in [4.69, 9.17) is 20.4 Å². The molecule has 8 N–H and O–H groups in total. The Bertz CT molecular complexity index is 592. The number of hydrogen-bond acceptors (Lipinski definition) is 2. The number of hydrogen-bond donors (Lipinski definition) is 0. The molecule has 0 fully saturated rings. The van der Waals surface area contributed by atoms with Crippen LogP contribution in [0.1, 0.15) is 52.7 Å². The minimum atomic E-state index is 0. The van der Waals surface area contributed by atoms with Gasteiger partial charge >= 0.3 is 33.0 Å². The summed E-state index contributed by atoms with van der Waals surface area (Å²) in [5.74, 6) is 0. The molecule has 0 radical (unpaired) electrons. The van der Waals surface area contributed by atoms with Gasteiger partial charge in [-0.3, -0.25) is 9.97 Å². The van der Waals surface area contributed by atoms with E-state index in [0.29, 0.717) is 12.7 Å². The van der Waals surface area contributed by atoms with E-state index < -0.39 is 0 Å². The number of nitrogens with zero attached hydrogens (tertiary/aromatic N) is 2. The van der Waals surface area contributed by atoms with Crippen molar-refractivity contribution in [3.05, 3.63) is 47.8 Å². The van der Waals surface area contributed by atoms with Gasteiger partial charge in [-0.1, -0.05) is 41.5 Å². The monoisotopic (exact) mass is 468 g/mol. The zero-order valence-electron chi connectivity index (χ0n) is 16.4. The molecule has 0 saturated carbocycles. The van der Waals surface area contributed by atoms with Gasteiger partial charge in [0.25, 0.3) is 0 Å². The van der Waals surface area contributed by atoms with Crippen LogP contribution in [0.2, 0.25) is 0 Å². The zero-order valence-corrected chi connectivity index (χ0v) is 18.9. The third kappa shape index (κ3) is 11.0. The van der Waals surface area contributed by atoms with E-state index in [1.807, 2.05) is 12.4 Å². The molecule has 0 unspecified atom stereocenters. The molecule has 6 nitrogen and oxygen atoms in total. The van der Waals surface area contributed by atoms with Crippen molar-refractivity contribution in [2.45, 2.75) is 52.4 Å². The van der Waals surface area contributed by atoms with Crippen molar-refractivity contribution in [2.24, 2.45) is 0 Å². The molecule has 0 spiro atoms. The fraction of sp³-hybridized carbons (Fsp3) is 0.444. The van der Waals surface area contributed by atoms with Crippen LogP contribution < -0.4 is 0 Å². The van der Waals surface area contributed by atoms with Crippen LogP contribution in [0.3, 0.4) is 0 Å². The van der Waals surface area contributed by atoms with Gasteiger partial charge in [0.1, 0.15) is 0 Å². The SMILES string of the molecule is CC(C)(C)c1ccnc(-c2cc(C(C)(C)C)ccn2)c1.O.O.O.O.[Cl][Ni][Cl]. The molecule has 2 rings (SSSR count). The average Bonchev–Trinajstić information content (AvgIpc) is 2.47. The van der Waals surface area contributed by atoms with Crippen molar-refractivity contribution in [2.75, 3.05) is 0 Å². The first kappa shape index (κ1) is 33.8. The molecule has 9 heteroatoms. The Labute approximate surface area is 176 Å². The quantitative estimate of drug-likeness (QED) is 0.589. The first-order valence-electron chi connectivity index (χ1n) is 7.35. The molecule has 0 saturated heterocycles. The topological polar surface area (TPSA) is 152 Å². The van der Waals surface area contributed by atoms with Gasteiger partial charge in [-0.15, -0.1) is 0 Å². The van der Waals surface area contributed by atoms with E-state index in [9.17, 15) is 0 Å². The molecule has 0 atom stereocenters. The molecule has 0 aliphatic heterocycles. The van der Waals surface area contributed by atoms with Crippen molar-refractivity contribution < 1.29 is 34.6 Å². The summed E-state index contributed by atoms with van der Waals surface area (Å²) in [6.45, 7) is 13.3. The molecule has 162 valence electrons. The Hall–Kier alpha value is -0.786. The molecular weight excluding hydrogens is 438 g/mol.